The molecule has 0 N–H and O–H groups in total. The Morgan fingerprint density at radius 2 is 0.955 bits per heavy atom. The van der Waals surface area contributed by atoms with Crippen molar-refractivity contribution in [1.82, 2.24) is 0 Å². The topological polar surface area (TPSA) is 36.9 Å². The van der Waals surface area contributed by atoms with Crippen molar-refractivity contribution < 1.29 is 18.9 Å². The molecule has 0 unspecified atom stereocenters. The molecule has 0 fully saturated rings. The van der Waals surface area contributed by atoms with E-state index in [4.69, 9.17) is 18.9 Å². The van der Waals surface area contributed by atoms with Crippen LogP contribution in [0.15, 0.2) is 80.9 Å². The number of hydrogen-bond donors (Lipinski definition) is 0. The molecule has 0 spiro atoms. The van der Waals surface area contributed by atoms with Gasteiger partial charge in [-0.1, -0.05) is 0 Å². The van der Waals surface area contributed by atoms with Gasteiger partial charge in [0.05, 0.1) is 0 Å². The van der Waals surface area contributed by atoms with Crippen LogP contribution in [0.2, 0.25) is 0 Å². The minimum atomic E-state index is 0.520. The molecule has 8 aliphatic rings. The van der Waals surface area contributed by atoms with Crippen molar-refractivity contribution >= 4 is 201 Å². The first-order chi connectivity index (χ1) is 21.7. The van der Waals surface area contributed by atoms with Crippen LogP contribution in [0.3, 0.4) is 0 Å². The summed E-state index contributed by atoms with van der Waals surface area (Å²) in [5.74, 6) is 0. The molecule has 20 heteroatoms. The molecule has 4 nitrogen and oxygen atoms in total. The second kappa shape index (κ2) is 16.7. The average Bonchev–Trinajstić information content (AvgIpc) is 3.89. The van der Waals surface area contributed by atoms with Gasteiger partial charge in [0.25, 0.3) is 0 Å². The Morgan fingerprint density at radius 1 is 0.523 bits per heavy atom. The minimum absolute atomic E-state index is 0.520. The van der Waals surface area contributed by atoms with Gasteiger partial charge in [-0.25, -0.2) is 0 Å². The van der Waals surface area contributed by atoms with Crippen molar-refractivity contribution in [2.24, 2.45) is 0 Å². The van der Waals surface area contributed by atoms with E-state index in [1.807, 2.05) is 77.3 Å². The second-order valence-corrected chi connectivity index (χ2v) is 34.1. The maximum atomic E-state index is 5.78. The van der Waals surface area contributed by atoms with E-state index in [-0.39, 0.29) is 0 Å². The Labute approximate surface area is 332 Å². The molecule has 0 saturated carbocycles. The predicted molar refractivity (Wildman–Crippen MR) is 215 cm³/mol. The van der Waals surface area contributed by atoms with E-state index in [1.165, 1.54) is 25.4 Å². The summed E-state index contributed by atoms with van der Waals surface area (Å²) in [5.41, 5.74) is 0. The first kappa shape index (κ1) is 34.2. The van der Waals surface area contributed by atoms with Crippen LogP contribution in [-0.2, 0) is 18.9 Å². The maximum absolute atomic E-state index is 5.78. The normalized spacial score (nSPS) is 24.7. The van der Waals surface area contributed by atoms with Crippen LogP contribution in [0.25, 0.3) is 0 Å². The van der Waals surface area contributed by atoms with Gasteiger partial charge in [0.15, 0.2) is 0 Å². The van der Waals surface area contributed by atoms with Crippen LogP contribution in [-0.4, -0.2) is 96.4 Å². The standard InChI is InChI=1S/C24H16O4S12Se4/c1-2-26-14-13(25-1)37-19(38-14)17-29-7-11(35-17)31-9-33-21-22(44-24(43-21)23-41-5-6-42-23)34-10-32-12-8-30-18(36-12)20-39-15-16(40-20)28-4-3-27-15/h5-8H,1-4,9-10H2. The van der Waals surface area contributed by atoms with E-state index in [1.54, 1.807) is 54.7 Å². The zero-order valence-electron chi connectivity index (χ0n) is 21.7. The number of rotatable bonds is 8. The van der Waals surface area contributed by atoms with Gasteiger partial charge >= 0.3 is 337 Å². The molecule has 232 valence electrons. The van der Waals surface area contributed by atoms with E-state index in [9.17, 15) is 0 Å². The van der Waals surface area contributed by atoms with Crippen molar-refractivity contribution in [3.8, 4) is 0 Å². The summed E-state index contributed by atoms with van der Waals surface area (Å²) in [7, 11) is 0. The summed E-state index contributed by atoms with van der Waals surface area (Å²) in [5, 5.41) is 10.6. The molecule has 8 rings (SSSR count). The molecule has 0 aromatic carbocycles. The third-order valence-electron chi connectivity index (χ3n) is 5.31. The fraction of sp³-hybridized carbons (Fsp3) is 0.250. The fourth-order valence-electron chi connectivity index (χ4n) is 3.51. The van der Waals surface area contributed by atoms with Gasteiger partial charge in [0, 0.05) is 0 Å². The third-order valence-corrected chi connectivity index (χ3v) is 37.9. The van der Waals surface area contributed by atoms with E-state index in [0.29, 0.717) is 86.3 Å². The molecule has 8 heterocycles. The van der Waals surface area contributed by atoms with E-state index >= 15 is 0 Å². The monoisotopic (exact) mass is 1070 g/mol. The molecule has 0 radical (unpaired) electrons. The van der Waals surface area contributed by atoms with Gasteiger partial charge in [0.2, 0.25) is 0 Å². The van der Waals surface area contributed by atoms with E-state index in [0.717, 1.165) is 30.5 Å². The van der Waals surface area contributed by atoms with Crippen LogP contribution < -0.4 is 0 Å². The van der Waals surface area contributed by atoms with Crippen LogP contribution in [0.4, 0.5) is 0 Å². The van der Waals surface area contributed by atoms with Crippen LogP contribution >= 0.6 is 141 Å². The summed E-state index contributed by atoms with van der Waals surface area (Å²) in [4.78, 5) is 4.89. The molecule has 0 amide bonds. The molecule has 0 atom stereocenters. The summed E-state index contributed by atoms with van der Waals surface area (Å²) in [6.45, 7) is 2.61. The second-order valence-electron chi connectivity index (χ2n) is 8.09. The Bertz CT molecular complexity index is 1400. The zero-order valence-corrected chi connectivity index (χ0v) is 38.4. The average molecular weight is 1070 g/mol. The Hall–Kier alpha value is 3.14. The first-order valence-corrected chi connectivity index (χ1v) is 30.1. The number of hydrogen-bond acceptors (Lipinski definition) is 16. The summed E-state index contributed by atoms with van der Waals surface area (Å²) in [6.07, 6.45) is 0. The van der Waals surface area contributed by atoms with Crippen molar-refractivity contribution in [2.45, 2.75) is 0 Å². The number of thioether (sulfide) groups is 12. The van der Waals surface area contributed by atoms with Gasteiger partial charge in [0.1, 0.15) is 0 Å². The first-order valence-electron chi connectivity index (χ1n) is 12.4. The van der Waals surface area contributed by atoms with Gasteiger partial charge in [-0.2, -0.15) is 0 Å². The molecule has 0 aliphatic carbocycles. The summed E-state index contributed by atoms with van der Waals surface area (Å²) < 4.78 is 38.3. The van der Waals surface area contributed by atoms with E-state index < -0.39 is 0 Å². The summed E-state index contributed by atoms with van der Waals surface area (Å²) in [6, 6.07) is 0. The quantitative estimate of drug-likeness (QED) is 0.171. The molecule has 8 aliphatic heterocycles. The van der Waals surface area contributed by atoms with Crippen molar-refractivity contribution in [2.75, 3.05) is 36.6 Å². The predicted octanol–water partition coefficient (Wildman–Crippen LogP) is 9.52. The van der Waals surface area contributed by atoms with Gasteiger partial charge in [-0.15, -0.1) is 0 Å². The van der Waals surface area contributed by atoms with E-state index in [2.05, 4.69) is 44.3 Å². The van der Waals surface area contributed by atoms with Crippen molar-refractivity contribution in [3.63, 3.8) is 0 Å². The van der Waals surface area contributed by atoms with Gasteiger partial charge < -0.3 is 0 Å². The van der Waals surface area contributed by atoms with Crippen molar-refractivity contribution in [3.05, 3.63) is 80.9 Å². The van der Waals surface area contributed by atoms with Crippen LogP contribution in [0, 0.1) is 0 Å². The molecule has 44 heavy (non-hydrogen) atoms. The van der Waals surface area contributed by atoms with Crippen LogP contribution in [0.1, 0.15) is 0 Å². The molecule has 0 aromatic rings. The molecule has 0 aromatic heterocycles. The Balaban J connectivity index is 0.838. The molecular weight excluding hydrogens is 1050 g/mol. The molecular formula is C24H16O4S12Se4. The van der Waals surface area contributed by atoms with Crippen molar-refractivity contribution in [1.29, 1.82) is 0 Å². The summed E-state index contributed by atoms with van der Waals surface area (Å²) >= 11 is 24.9. The molecule has 0 bridgehead atoms. The number of ether oxygens (including phenoxy) is 4. The van der Waals surface area contributed by atoms with Gasteiger partial charge in [-0.3, -0.25) is 0 Å². The van der Waals surface area contributed by atoms with Crippen LogP contribution in [0.5, 0.6) is 0 Å². The fourth-order valence-corrected chi connectivity index (χ4v) is 37.2. The molecule has 0 saturated heterocycles. The SMILES string of the molecule is C1=C[Se]C(=C2[Se]C(SCSC3=CSC(=C4SC5=C(OCCO5)S4)S3)=C(SCSC3=CSC(=C4SC5=C(OCCO5)S4)S3)[Se]2)[Se]1. The Morgan fingerprint density at radius 3 is 1.39 bits per heavy atom. The third kappa shape index (κ3) is 8.43. The zero-order chi connectivity index (χ0) is 29.3. The Kier molecular flexibility index (Phi) is 13.0. The van der Waals surface area contributed by atoms with Gasteiger partial charge in [-0.05, 0) is 0 Å².